The first-order valence-corrected chi connectivity index (χ1v) is 8.32. The van der Waals surface area contributed by atoms with Crippen LogP contribution in [-0.4, -0.2) is 35.6 Å². The summed E-state index contributed by atoms with van der Waals surface area (Å²) in [4.78, 5) is 26.0. The van der Waals surface area contributed by atoms with Crippen LogP contribution < -0.4 is 4.74 Å². The molecule has 0 aromatic heterocycles. The number of nitrogens with zero attached hydrogens (tertiary/aromatic N) is 1. The van der Waals surface area contributed by atoms with Gasteiger partial charge < -0.3 is 19.5 Å². The van der Waals surface area contributed by atoms with Crippen molar-refractivity contribution in [1.29, 1.82) is 0 Å². The Hall–Kier alpha value is -1.95. The van der Waals surface area contributed by atoms with Gasteiger partial charge in [0.05, 0.1) is 24.7 Å². The van der Waals surface area contributed by atoms with E-state index >= 15 is 0 Å². The number of methoxy groups -OCH3 is 1. The molecule has 6 nitrogen and oxygen atoms in total. The SMILES string of the molecule is CCOC(=O)[C@@H](CC)CC(=O)N1Cc2cc(OC)c(O)c(Cl)c2C1. The number of rotatable bonds is 6. The van der Waals surface area contributed by atoms with Crippen molar-refractivity contribution in [1.82, 2.24) is 4.90 Å². The summed E-state index contributed by atoms with van der Waals surface area (Å²) in [5.74, 6) is -0.765. The van der Waals surface area contributed by atoms with Gasteiger partial charge in [0.1, 0.15) is 0 Å². The number of phenols is 1. The molecule has 7 heteroatoms. The van der Waals surface area contributed by atoms with E-state index in [2.05, 4.69) is 0 Å². The highest BCUT2D eigenvalue weighted by Crippen LogP contribution is 2.42. The Morgan fingerprint density at radius 2 is 2.08 bits per heavy atom. The molecule has 1 aliphatic rings. The van der Waals surface area contributed by atoms with Crippen molar-refractivity contribution in [3.05, 3.63) is 22.2 Å². The standard InChI is InChI=1S/C17H22ClNO5/c1-4-10(17(22)24-5-2)7-14(20)19-8-11-6-13(23-3)16(21)15(18)12(11)9-19/h6,10,21H,4-5,7-9H2,1-3H3/t10-/m0/s1. The maximum absolute atomic E-state index is 12.5. The van der Waals surface area contributed by atoms with Gasteiger partial charge in [0, 0.05) is 19.5 Å². The first kappa shape index (κ1) is 18.4. The zero-order chi connectivity index (χ0) is 17.9. The molecular formula is C17H22ClNO5. The molecule has 0 unspecified atom stereocenters. The van der Waals surface area contributed by atoms with Crippen molar-refractivity contribution in [2.24, 2.45) is 5.92 Å². The Kier molecular flexibility index (Phi) is 5.94. The van der Waals surface area contributed by atoms with Crippen LogP contribution in [0.15, 0.2) is 6.07 Å². The minimum atomic E-state index is -0.445. The molecule has 1 atom stereocenters. The van der Waals surface area contributed by atoms with Crippen LogP contribution in [0, 0.1) is 5.92 Å². The van der Waals surface area contributed by atoms with Gasteiger partial charge in [-0.05, 0) is 30.5 Å². The van der Waals surface area contributed by atoms with E-state index in [1.54, 1.807) is 17.9 Å². The predicted molar refractivity (Wildman–Crippen MR) is 89.0 cm³/mol. The molecule has 1 aliphatic heterocycles. The van der Waals surface area contributed by atoms with E-state index in [-0.39, 0.29) is 34.8 Å². The number of ether oxygens (including phenoxy) is 2. The highest BCUT2D eigenvalue weighted by molar-refractivity contribution is 6.33. The lowest BCUT2D eigenvalue weighted by atomic mass is 10.0. The number of esters is 1. The fraction of sp³-hybridized carbons (Fsp3) is 0.529. The topological polar surface area (TPSA) is 76.1 Å². The minimum absolute atomic E-state index is 0.101. The quantitative estimate of drug-likeness (QED) is 0.794. The number of aromatic hydroxyl groups is 1. The molecule has 24 heavy (non-hydrogen) atoms. The minimum Gasteiger partial charge on any atom is -0.503 e. The molecule has 0 radical (unpaired) electrons. The van der Waals surface area contributed by atoms with Gasteiger partial charge >= 0.3 is 5.97 Å². The van der Waals surface area contributed by atoms with Crippen LogP contribution in [0.25, 0.3) is 0 Å². The van der Waals surface area contributed by atoms with Crippen molar-refractivity contribution in [2.45, 2.75) is 39.8 Å². The molecule has 0 saturated carbocycles. The smallest absolute Gasteiger partial charge is 0.309 e. The summed E-state index contributed by atoms with van der Waals surface area (Å²) in [5.41, 5.74) is 1.56. The Morgan fingerprint density at radius 1 is 1.38 bits per heavy atom. The third-order valence-electron chi connectivity index (χ3n) is 4.22. The van der Waals surface area contributed by atoms with Crippen molar-refractivity contribution in [3.63, 3.8) is 0 Å². The zero-order valence-corrected chi connectivity index (χ0v) is 14.9. The normalized spacial score (nSPS) is 14.2. The summed E-state index contributed by atoms with van der Waals surface area (Å²) in [7, 11) is 1.45. The molecule has 1 heterocycles. The molecule has 0 spiro atoms. The summed E-state index contributed by atoms with van der Waals surface area (Å²) in [6.45, 7) is 4.58. The average molecular weight is 356 g/mol. The van der Waals surface area contributed by atoms with Crippen LogP contribution >= 0.6 is 11.6 Å². The molecule has 0 fully saturated rings. The molecular weight excluding hydrogens is 334 g/mol. The lowest BCUT2D eigenvalue weighted by molar-refractivity contribution is -0.151. The molecule has 0 bridgehead atoms. The van der Waals surface area contributed by atoms with Crippen molar-refractivity contribution in [2.75, 3.05) is 13.7 Å². The van der Waals surface area contributed by atoms with Gasteiger partial charge in [-0.2, -0.15) is 0 Å². The van der Waals surface area contributed by atoms with Gasteiger partial charge in [-0.1, -0.05) is 18.5 Å². The summed E-state index contributed by atoms with van der Waals surface area (Å²) in [6, 6.07) is 1.69. The lowest BCUT2D eigenvalue weighted by Gasteiger charge is -2.19. The van der Waals surface area contributed by atoms with Gasteiger partial charge in [-0.25, -0.2) is 0 Å². The summed E-state index contributed by atoms with van der Waals surface area (Å²) in [5, 5.41) is 10.2. The molecule has 0 aliphatic carbocycles. The fourth-order valence-electron chi connectivity index (χ4n) is 2.80. The molecule has 0 saturated heterocycles. The molecule has 132 valence electrons. The van der Waals surface area contributed by atoms with Crippen molar-refractivity contribution >= 4 is 23.5 Å². The van der Waals surface area contributed by atoms with Crippen molar-refractivity contribution in [3.8, 4) is 11.5 Å². The average Bonchev–Trinajstić information content (AvgIpc) is 3.00. The molecule has 1 N–H and O–H groups in total. The Morgan fingerprint density at radius 3 is 2.67 bits per heavy atom. The van der Waals surface area contributed by atoms with Crippen LogP contribution in [0.2, 0.25) is 5.02 Å². The van der Waals surface area contributed by atoms with Crippen LogP contribution in [0.1, 0.15) is 37.8 Å². The summed E-state index contributed by atoms with van der Waals surface area (Å²) < 4.78 is 10.1. The number of amides is 1. The van der Waals surface area contributed by atoms with Gasteiger partial charge in [0.15, 0.2) is 11.5 Å². The largest absolute Gasteiger partial charge is 0.503 e. The van der Waals surface area contributed by atoms with Crippen LogP contribution in [0.5, 0.6) is 11.5 Å². The highest BCUT2D eigenvalue weighted by atomic mass is 35.5. The maximum atomic E-state index is 12.5. The van der Waals surface area contributed by atoms with Crippen molar-refractivity contribution < 1.29 is 24.2 Å². The molecule has 1 aromatic rings. The van der Waals surface area contributed by atoms with E-state index in [9.17, 15) is 14.7 Å². The number of carbonyl (C=O) groups excluding carboxylic acids is 2. The maximum Gasteiger partial charge on any atom is 0.309 e. The molecule has 1 amide bonds. The Labute approximate surface area is 146 Å². The first-order valence-electron chi connectivity index (χ1n) is 7.94. The summed E-state index contributed by atoms with van der Waals surface area (Å²) >= 11 is 6.18. The second-order valence-corrected chi connectivity index (χ2v) is 6.07. The predicted octanol–water partition coefficient (Wildman–Crippen LogP) is 2.88. The number of hydrogen-bond donors (Lipinski definition) is 1. The van der Waals surface area contributed by atoms with Crippen LogP contribution in [0.3, 0.4) is 0 Å². The number of carbonyl (C=O) groups is 2. The van der Waals surface area contributed by atoms with E-state index in [1.807, 2.05) is 6.92 Å². The number of phenolic OH excluding ortho intramolecular Hbond substituents is 1. The van der Waals surface area contributed by atoms with Gasteiger partial charge in [-0.3, -0.25) is 9.59 Å². The third kappa shape index (κ3) is 3.59. The van der Waals surface area contributed by atoms with E-state index in [0.29, 0.717) is 31.7 Å². The number of benzene rings is 1. The van der Waals surface area contributed by atoms with Gasteiger partial charge in [-0.15, -0.1) is 0 Å². The van der Waals surface area contributed by atoms with Gasteiger partial charge in [0.2, 0.25) is 5.91 Å². The van der Waals surface area contributed by atoms with Crippen LogP contribution in [-0.2, 0) is 27.4 Å². The van der Waals surface area contributed by atoms with E-state index in [1.165, 1.54) is 7.11 Å². The second-order valence-electron chi connectivity index (χ2n) is 5.69. The first-order chi connectivity index (χ1) is 11.4. The van der Waals surface area contributed by atoms with E-state index < -0.39 is 5.92 Å². The summed E-state index contributed by atoms with van der Waals surface area (Å²) in [6.07, 6.45) is 0.644. The van der Waals surface area contributed by atoms with E-state index in [4.69, 9.17) is 21.1 Å². The number of halogens is 1. The number of hydrogen-bond acceptors (Lipinski definition) is 5. The Balaban J connectivity index is 2.11. The van der Waals surface area contributed by atoms with E-state index in [0.717, 1.165) is 5.56 Å². The monoisotopic (exact) mass is 355 g/mol. The molecule has 1 aromatic carbocycles. The fourth-order valence-corrected chi connectivity index (χ4v) is 3.07. The highest BCUT2D eigenvalue weighted by Gasteiger charge is 2.31. The number of fused-ring (bicyclic) bond motifs is 1. The van der Waals surface area contributed by atoms with Gasteiger partial charge in [0.25, 0.3) is 0 Å². The Bertz CT molecular complexity index is 646. The second kappa shape index (κ2) is 7.75. The third-order valence-corrected chi connectivity index (χ3v) is 4.62. The molecule has 2 rings (SSSR count). The van der Waals surface area contributed by atoms with Crippen LogP contribution in [0.4, 0.5) is 0 Å². The lowest BCUT2D eigenvalue weighted by Crippen LogP contribution is -2.30. The zero-order valence-electron chi connectivity index (χ0n) is 14.1.